The lowest BCUT2D eigenvalue weighted by Gasteiger charge is -2.36. The molecule has 0 unspecified atom stereocenters. The number of esters is 1. The standard InChI is InChI=1S/C20H12O5.C19H30N6O5S/c21-11-5-7-15-17(9-11)24-18-10-12(22)6-8-16(18)20(15)14-4-2-1-3-13(14)19(23)25-20;1-14(2)18(19(26)22-8-10-30-12-11-29-9-7-20)25-13-17(23-24-25)15-3-5-16(6-4-15)31(21,27)28/h1-10,21-22H;3-6,13-14,18H,7-12,20H2,1-2H3,(H,22,26)(H2,21,27,28)/t;18-/m.0/s1. The van der Waals surface area contributed by atoms with Crippen molar-refractivity contribution in [3.05, 3.63) is 113 Å². The Kier molecular flexibility index (Phi) is 12.0. The summed E-state index contributed by atoms with van der Waals surface area (Å²) in [5.41, 5.74) is 7.79. The third-order valence-corrected chi connectivity index (χ3v) is 9.96. The van der Waals surface area contributed by atoms with E-state index in [1.807, 2.05) is 26.0 Å². The number of phenolic OH excluding ortho intramolecular Hbond substituents is 2. The van der Waals surface area contributed by atoms with E-state index < -0.39 is 27.6 Å². The van der Waals surface area contributed by atoms with Crippen LogP contribution in [0.15, 0.2) is 96.0 Å². The van der Waals surface area contributed by atoms with Crippen LogP contribution in [0.2, 0.25) is 0 Å². The highest BCUT2D eigenvalue weighted by Crippen LogP contribution is 2.56. The first-order valence-electron chi connectivity index (χ1n) is 17.7. The largest absolute Gasteiger partial charge is 0.508 e. The van der Waals surface area contributed by atoms with E-state index in [-0.39, 0.29) is 28.2 Å². The van der Waals surface area contributed by atoms with Gasteiger partial charge in [-0.1, -0.05) is 49.4 Å². The van der Waals surface area contributed by atoms with Gasteiger partial charge in [0.15, 0.2) is 5.60 Å². The Balaban J connectivity index is 0.000000193. The van der Waals surface area contributed by atoms with Crippen molar-refractivity contribution in [2.45, 2.75) is 30.4 Å². The number of carbonyl (C=O) groups excluding carboxylic acids is 2. The SMILES string of the molecule is CC(C)[C@@H](C(=O)NCCOCCOCCN)n1cc(-c2ccc(S(N)(=O)=O)cc2)nn1.O=C1OC2(c3ccc(O)cc3Oc3cc(O)ccc32)c2ccccc21. The molecule has 1 atom stereocenters. The Labute approximate surface area is 323 Å². The molecule has 294 valence electrons. The summed E-state index contributed by atoms with van der Waals surface area (Å²) in [6.07, 6.45) is 1.65. The first-order chi connectivity index (χ1) is 26.8. The topological polar surface area (TPSA) is 240 Å². The summed E-state index contributed by atoms with van der Waals surface area (Å²) in [5.74, 6) is 0.176. The van der Waals surface area contributed by atoms with Gasteiger partial charge in [-0.05, 0) is 48.4 Å². The van der Waals surface area contributed by atoms with Gasteiger partial charge in [0.05, 0.1) is 43.1 Å². The maximum atomic E-state index is 12.7. The highest BCUT2D eigenvalue weighted by molar-refractivity contribution is 7.89. The number of amides is 1. The van der Waals surface area contributed by atoms with Crippen LogP contribution in [0, 0.1) is 5.92 Å². The fourth-order valence-electron chi connectivity index (χ4n) is 6.50. The predicted octanol–water partition coefficient (Wildman–Crippen LogP) is 3.56. The van der Waals surface area contributed by atoms with E-state index in [1.165, 1.54) is 41.1 Å². The molecule has 4 aromatic carbocycles. The van der Waals surface area contributed by atoms with Crippen LogP contribution in [0.1, 0.15) is 46.9 Å². The number of carbonyl (C=O) groups is 2. The number of fused-ring (bicyclic) bond motifs is 6. The number of nitrogens with two attached hydrogens (primary N) is 2. The summed E-state index contributed by atoms with van der Waals surface area (Å²) in [5, 5.41) is 35.8. The van der Waals surface area contributed by atoms with Crippen molar-refractivity contribution in [2.24, 2.45) is 16.8 Å². The molecule has 0 bridgehead atoms. The van der Waals surface area contributed by atoms with Crippen molar-refractivity contribution < 1.29 is 47.2 Å². The molecule has 0 radical (unpaired) electrons. The fourth-order valence-corrected chi connectivity index (χ4v) is 7.01. The Morgan fingerprint density at radius 2 is 1.52 bits per heavy atom. The van der Waals surface area contributed by atoms with Crippen LogP contribution in [0.5, 0.6) is 23.0 Å². The summed E-state index contributed by atoms with van der Waals surface area (Å²) >= 11 is 0. The zero-order chi connectivity index (χ0) is 40.0. The minimum absolute atomic E-state index is 0.0104. The molecule has 17 heteroatoms. The molecule has 2 aliphatic rings. The summed E-state index contributed by atoms with van der Waals surface area (Å²) in [4.78, 5) is 25.2. The molecular formula is C39H42N6O10S. The molecule has 1 spiro atoms. The number of sulfonamides is 1. The van der Waals surface area contributed by atoms with Crippen LogP contribution in [0.3, 0.4) is 0 Å². The normalized spacial score (nSPS) is 14.1. The second kappa shape index (κ2) is 16.9. The number of benzene rings is 4. The van der Waals surface area contributed by atoms with Crippen LogP contribution in [0.4, 0.5) is 0 Å². The number of phenols is 2. The summed E-state index contributed by atoms with van der Waals surface area (Å²) in [6, 6.07) is 22.0. The molecule has 1 amide bonds. The van der Waals surface area contributed by atoms with Crippen molar-refractivity contribution in [3.63, 3.8) is 0 Å². The Morgan fingerprint density at radius 1 is 0.893 bits per heavy atom. The molecule has 56 heavy (non-hydrogen) atoms. The van der Waals surface area contributed by atoms with Crippen molar-refractivity contribution in [1.29, 1.82) is 0 Å². The van der Waals surface area contributed by atoms with Gasteiger partial charge in [-0.25, -0.2) is 23.0 Å². The molecule has 7 N–H and O–H groups in total. The Hall–Kier alpha value is -5.85. The number of hydrogen-bond acceptors (Lipinski definition) is 13. The van der Waals surface area contributed by atoms with Gasteiger partial charge in [-0.15, -0.1) is 5.10 Å². The highest BCUT2D eigenvalue weighted by Gasteiger charge is 2.53. The van der Waals surface area contributed by atoms with Crippen molar-refractivity contribution >= 4 is 21.9 Å². The molecule has 3 heterocycles. The third kappa shape index (κ3) is 8.36. The van der Waals surface area contributed by atoms with Gasteiger partial charge in [0.2, 0.25) is 15.9 Å². The van der Waals surface area contributed by atoms with Crippen molar-refractivity contribution in [1.82, 2.24) is 20.3 Å². The van der Waals surface area contributed by atoms with E-state index in [9.17, 15) is 28.2 Å². The lowest BCUT2D eigenvalue weighted by Crippen LogP contribution is -2.37. The predicted molar refractivity (Wildman–Crippen MR) is 202 cm³/mol. The molecule has 16 nitrogen and oxygen atoms in total. The number of nitrogens with zero attached hydrogens (tertiary/aromatic N) is 3. The smallest absolute Gasteiger partial charge is 0.340 e. The van der Waals surface area contributed by atoms with Gasteiger partial charge < -0.3 is 40.2 Å². The molecular weight excluding hydrogens is 745 g/mol. The summed E-state index contributed by atoms with van der Waals surface area (Å²) in [6.45, 7) is 6.40. The number of nitrogens with one attached hydrogen (secondary N) is 1. The molecule has 2 aliphatic heterocycles. The van der Waals surface area contributed by atoms with E-state index >= 15 is 0 Å². The molecule has 5 aromatic rings. The number of aromatic nitrogens is 3. The fraction of sp³-hybridized carbons (Fsp3) is 0.282. The van der Waals surface area contributed by atoms with Crippen LogP contribution < -0.4 is 20.9 Å². The minimum Gasteiger partial charge on any atom is -0.508 e. The van der Waals surface area contributed by atoms with E-state index in [1.54, 1.807) is 42.6 Å². The van der Waals surface area contributed by atoms with E-state index in [0.29, 0.717) is 84.5 Å². The van der Waals surface area contributed by atoms with Crippen LogP contribution in [-0.2, 0) is 34.6 Å². The maximum Gasteiger partial charge on any atom is 0.340 e. The Morgan fingerprint density at radius 3 is 2.12 bits per heavy atom. The molecule has 7 rings (SSSR count). The van der Waals surface area contributed by atoms with E-state index in [2.05, 4.69) is 15.6 Å². The van der Waals surface area contributed by atoms with Gasteiger partial charge in [0.1, 0.15) is 34.7 Å². The molecule has 0 aliphatic carbocycles. The average molecular weight is 787 g/mol. The first-order valence-corrected chi connectivity index (χ1v) is 19.2. The van der Waals surface area contributed by atoms with Crippen LogP contribution >= 0.6 is 0 Å². The molecule has 0 saturated heterocycles. The summed E-state index contributed by atoms with van der Waals surface area (Å²) in [7, 11) is -3.77. The number of rotatable bonds is 13. The lowest BCUT2D eigenvalue weighted by atomic mass is 9.77. The van der Waals surface area contributed by atoms with Gasteiger partial charge in [0.25, 0.3) is 0 Å². The quantitative estimate of drug-likeness (QED) is 0.0849. The number of hydrogen-bond donors (Lipinski definition) is 5. The number of primary sulfonamides is 1. The van der Waals surface area contributed by atoms with Crippen molar-refractivity contribution in [3.8, 4) is 34.3 Å². The molecule has 0 fully saturated rings. The second-order valence-corrected chi connectivity index (χ2v) is 14.8. The zero-order valence-electron chi connectivity index (χ0n) is 30.6. The average Bonchev–Trinajstić information content (AvgIpc) is 3.76. The number of aromatic hydroxyl groups is 2. The lowest BCUT2D eigenvalue weighted by molar-refractivity contribution is -0.126. The monoisotopic (exact) mass is 786 g/mol. The van der Waals surface area contributed by atoms with Gasteiger partial charge in [-0.2, -0.15) is 0 Å². The molecule has 1 aromatic heterocycles. The zero-order valence-corrected chi connectivity index (χ0v) is 31.4. The first kappa shape index (κ1) is 39.8. The summed E-state index contributed by atoms with van der Waals surface area (Å²) < 4.78 is 46.7. The minimum atomic E-state index is -3.77. The van der Waals surface area contributed by atoms with Gasteiger partial charge >= 0.3 is 5.97 Å². The third-order valence-electron chi connectivity index (χ3n) is 9.03. The van der Waals surface area contributed by atoms with Crippen LogP contribution in [-0.4, -0.2) is 85.0 Å². The second-order valence-electron chi connectivity index (χ2n) is 13.2. The van der Waals surface area contributed by atoms with Gasteiger partial charge in [0, 0.05) is 47.5 Å². The van der Waals surface area contributed by atoms with Crippen LogP contribution in [0.25, 0.3) is 11.3 Å². The molecule has 0 saturated carbocycles. The van der Waals surface area contributed by atoms with Gasteiger partial charge in [-0.3, -0.25) is 4.79 Å². The van der Waals surface area contributed by atoms with E-state index in [4.69, 9.17) is 29.8 Å². The van der Waals surface area contributed by atoms with E-state index in [0.717, 1.165) is 0 Å². The van der Waals surface area contributed by atoms with Crippen molar-refractivity contribution in [2.75, 3.05) is 39.5 Å². The maximum absolute atomic E-state index is 12.7. The highest BCUT2D eigenvalue weighted by atomic mass is 32.2. The Bertz CT molecular complexity index is 2260. The number of ether oxygens (including phenoxy) is 4.